The quantitative estimate of drug-likeness (QED) is 0.751. The number of aromatic nitrogens is 2. The molecule has 0 spiro atoms. The molecule has 5 nitrogen and oxygen atoms in total. The minimum Gasteiger partial charge on any atom is -0.377 e. The Morgan fingerprint density at radius 3 is 3.10 bits per heavy atom. The molecule has 21 heavy (non-hydrogen) atoms. The molecule has 0 aliphatic rings. The van der Waals surface area contributed by atoms with Gasteiger partial charge < -0.3 is 10.3 Å². The second kappa shape index (κ2) is 5.68. The van der Waals surface area contributed by atoms with Crippen molar-refractivity contribution in [2.75, 3.05) is 5.32 Å². The molecular formula is C14H9BrN4OS. The van der Waals surface area contributed by atoms with Gasteiger partial charge in [-0.1, -0.05) is 15.9 Å². The number of aromatic amines is 1. The molecule has 0 bridgehead atoms. The van der Waals surface area contributed by atoms with E-state index in [0.29, 0.717) is 33.8 Å². The third kappa shape index (κ3) is 2.82. The lowest BCUT2D eigenvalue weighted by atomic mass is 10.2. The molecule has 2 aromatic heterocycles. The Hall–Kier alpha value is -2.17. The van der Waals surface area contributed by atoms with Crippen LogP contribution >= 0.6 is 27.3 Å². The van der Waals surface area contributed by atoms with Crippen molar-refractivity contribution >= 4 is 43.2 Å². The molecule has 2 heterocycles. The minimum absolute atomic E-state index is 0.136. The molecule has 0 radical (unpaired) electrons. The highest BCUT2D eigenvalue weighted by Crippen LogP contribution is 2.21. The molecule has 0 unspecified atom stereocenters. The summed E-state index contributed by atoms with van der Waals surface area (Å²) in [5, 5.41) is 14.1. The van der Waals surface area contributed by atoms with E-state index in [1.165, 1.54) is 11.3 Å². The summed E-state index contributed by atoms with van der Waals surface area (Å²) in [6, 6.07) is 9.34. The van der Waals surface area contributed by atoms with Gasteiger partial charge in [-0.2, -0.15) is 5.26 Å². The van der Waals surface area contributed by atoms with Gasteiger partial charge in [-0.25, -0.2) is 4.98 Å². The molecule has 0 atom stereocenters. The van der Waals surface area contributed by atoms with Crippen LogP contribution in [-0.2, 0) is 6.54 Å². The molecule has 2 N–H and O–H groups in total. The van der Waals surface area contributed by atoms with Crippen LogP contribution in [0, 0.1) is 11.3 Å². The summed E-state index contributed by atoms with van der Waals surface area (Å²) in [7, 11) is 0. The first-order valence-corrected chi connectivity index (χ1v) is 7.74. The highest BCUT2D eigenvalue weighted by molar-refractivity contribution is 9.10. The van der Waals surface area contributed by atoms with Gasteiger partial charge >= 0.3 is 0 Å². The van der Waals surface area contributed by atoms with E-state index in [1.807, 2.05) is 23.6 Å². The Labute approximate surface area is 132 Å². The number of nitrogens with one attached hydrogen (secondary N) is 2. The lowest BCUT2D eigenvalue weighted by molar-refractivity contribution is 0.955. The van der Waals surface area contributed by atoms with Crippen molar-refractivity contribution < 1.29 is 0 Å². The van der Waals surface area contributed by atoms with Gasteiger partial charge in [-0.15, -0.1) is 11.3 Å². The second-order valence-electron chi connectivity index (χ2n) is 4.30. The highest BCUT2D eigenvalue weighted by atomic mass is 79.9. The number of benzene rings is 1. The number of hydrogen-bond donors (Lipinski definition) is 2. The zero-order valence-corrected chi connectivity index (χ0v) is 13.1. The maximum atomic E-state index is 11.9. The first kappa shape index (κ1) is 13.8. The number of hydrogen-bond acceptors (Lipinski definition) is 5. The van der Waals surface area contributed by atoms with Crippen molar-refractivity contribution in [2.45, 2.75) is 6.54 Å². The van der Waals surface area contributed by atoms with Crippen LogP contribution in [0.15, 0.2) is 38.9 Å². The maximum absolute atomic E-state index is 11.9. The smallest absolute Gasteiger partial charge is 0.268 e. The molecule has 0 amide bonds. The van der Waals surface area contributed by atoms with Crippen molar-refractivity contribution in [3.05, 3.63) is 55.9 Å². The highest BCUT2D eigenvalue weighted by Gasteiger charge is 2.06. The Bertz CT molecular complexity index is 909. The van der Waals surface area contributed by atoms with Crippen LogP contribution in [0.5, 0.6) is 0 Å². The molecule has 3 aromatic rings. The molecule has 0 fully saturated rings. The Balaban J connectivity index is 1.87. The number of nitrogens with zero attached hydrogens (tertiary/aromatic N) is 2. The predicted molar refractivity (Wildman–Crippen MR) is 86.4 cm³/mol. The van der Waals surface area contributed by atoms with Crippen LogP contribution < -0.4 is 10.9 Å². The third-order valence-electron chi connectivity index (χ3n) is 2.91. The number of halogens is 1. The van der Waals surface area contributed by atoms with Crippen molar-refractivity contribution in [3.63, 3.8) is 0 Å². The molecule has 1 aromatic carbocycles. The fraction of sp³-hybridized carbons (Fsp3) is 0.0714. The van der Waals surface area contributed by atoms with Crippen molar-refractivity contribution in [1.82, 2.24) is 9.97 Å². The number of thiophene rings is 1. The van der Waals surface area contributed by atoms with Crippen molar-refractivity contribution in [2.24, 2.45) is 0 Å². The number of rotatable bonds is 3. The number of nitriles is 1. The standard InChI is InChI=1S/C14H9BrN4OS/c15-9-1-2-10(8(5-9)6-16)17-7-12-18-11-3-4-21-13(11)14(20)19-12/h1-5,17H,7H2,(H,18,19,20). The molecule has 0 saturated carbocycles. The Kier molecular flexibility index (Phi) is 3.73. The Morgan fingerprint density at radius 1 is 1.43 bits per heavy atom. The number of anilines is 1. The second-order valence-corrected chi connectivity index (χ2v) is 6.13. The average Bonchev–Trinajstić information content (AvgIpc) is 2.94. The zero-order valence-electron chi connectivity index (χ0n) is 10.7. The van der Waals surface area contributed by atoms with E-state index in [-0.39, 0.29) is 5.56 Å². The fourth-order valence-corrected chi connectivity index (χ4v) is 3.03. The first-order valence-electron chi connectivity index (χ1n) is 6.07. The summed E-state index contributed by atoms with van der Waals surface area (Å²) in [5.41, 5.74) is 1.79. The lowest BCUT2D eigenvalue weighted by Gasteiger charge is -2.08. The van der Waals surface area contributed by atoms with Crippen molar-refractivity contribution in [3.8, 4) is 6.07 Å². The van der Waals surface area contributed by atoms with Gasteiger partial charge in [-0.05, 0) is 29.6 Å². The molecule has 0 aliphatic heterocycles. The van der Waals surface area contributed by atoms with E-state index in [2.05, 4.69) is 37.3 Å². The van der Waals surface area contributed by atoms with Crippen LogP contribution in [-0.4, -0.2) is 9.97 Å². The SMILES string of the molecule is N#Cc1cc(Br)ccc1NCc1nc2ccsc2c(=O)[nH]1. The first-order chi connectivity index (χ1) is 10.2. The molecule has 104 valence electrons. The molecule has 0 aliphatic carbocycles. The number of H-pyrrole nitrogens is 1. The average molecular weight is 361 g/mol. The van der Waals surface area contributed by atoms with Crippen LogP contribution in [0.25, 0.3) is 10.2 Å². The van der Waals surface area contributed by atoms with Gasteiger partial charge in [0.25, 0.3) is 5.56 Å². The van der Waals surface area contributed by atoms with E-state index in [0.717, 1.165) is 4.47 Å². The summed E-state index contributed by atoms with van der Waals surface area (Å²) < 4.78 is 1.47. The fourth-order valence-electron chi connectivity index (χ4n) is 1.95. The Morgan fingerprint density at radius 2 is 2.29 bits per heavy atom. The topological polar surface area (TPSA) is 81.6 Å². The van der Waals surface area contributed by atoms with Crippen LogP contribution in [0.2, 0.25) is 0 Å². The maximum Gasteiger partial charge on any atom is 0.268 e. The van der Waals surface area contributed by atoms with Gasteiger partial charge in [0, 0.05) is 4.47 Å². The van der Waals surface area contributed by atoms with Crippen LogP contribution in [0.4, 0.5) is 5.69 Å². The largest absolute Gasteiger partial charge is 0.377 e. The van der Waals surface area contributed by atoms with Crippen LogP contribution in [0.3, 0.4) is 0 Å². The van der Waals surface area contributed by atoms with Gasteiger partial charge in [0.15, 0.2) is 0 Å². The molecule has 7 heteroatoms. The molecule has 3 rings (SSSR count). The lowest BCUT2D eigenvalue weighted by Crippen LogP contribution is -2.13. The summed E-state index contributed by atoms with van der Waals surface area (Å²) in [6.45, 7) is 0.345. The molecule has 0 saturated heterocycles. The zero-order chi connectivity index (χ0) is 14.8. The van der Waals surface area contributed by atoms with Gasteiger partial charge in [0.05, 0.1) is 23.3 Å². The predicted octanol–water partition coefficient (Wildman–Crippen LogP) is 3.23. The van der Waals surface area contributed by atoms with E-state index in [4.69, 9.17) is 5.26 Å². The molecular weight excluding hydrogens is 352 g/mol. The van der Waals surface area contributed by atoms with Crippen molar-refractivity contribution in [1.29, 1.82) is 5.26 Å². The monoisotopic (exact) mass is 360 g/mol. The normalized spacial score (nSPS) is 10.5. The van der Waals surface area contributed by atoms with Gasteiger partial charge in [0.1, 0.15) is 16.6 Å². The summed E-state index contributed by atoms with van der Waals surface area (Å²) in [6.07, 6.45) is 0. The van der Waals surface area contributed by atoms with E-state index in [9.17, 15) is 4.79 Å². The van der Waals surface area contributed by atoms with E-state index in [1.54, 1.807) is 6.07 Å². The van der Waals surface area contributed by atoms with Gasteiger partial charge in [0.2, 0.25) is 0 Å². The van der Waals surface area contributed by atoms with E-state index >= 15 is 0 Å². The van der Waals surface area contributed by atoms with E-state index < -0.39 is 0 Å². The third-order valence-corrected chi connectivity index (χ3v) is 4.31. The van der Waals surface area contributed by atoms with Crippen LogP contribution in [0.1, 0.15) is 11.4 Å². The van der Waals surface area contributed by atoms with Gasteiger partial charge in [-0.3, -0.25) is 4.79 Å². The summed E-state index contributed by atoms with van der Waals surface area (Å²) >= 11 is 4.70. The minimum atomic E-state index is -0.136. The summed E-state index contributed by atoms with van der Waals surface area (Å²) in [4.78, 5) is 19.0. The summed E-state index contributed by atoms with van der Waals surface area (Å²) in [5.74, 6) is 0.540. The number of fused-ring (bicyclic) bond motifs is 1.